The van der Waals surface area contributed by atoms with Gasteiger partial charge in [-0.3, -0.25) is 24.0 Å². The predicted molar refractivity (Wildman–Crippen MR) is 95.6 cm³/mol. The van der Waals surface area contributed by atoms with Gasteiger partial charge < -0.3 is 37.2 Å². The van der Waals surface area contributed by atoms with Crippen LogP contribution in [0.25, 0.3) is 0 Å². The molecule has 1 aliphatic heterocycles. The number of amides is 4. The first-order chi connectivity index (χ1) is 13.1. The van der Waals surface area contributed by atoms with Crippen molar-refractivity contribution >= 4 is 29.6 Å². The van der Waals surface area contributed by atoms with Crippen LogP contribution in [0.2, 0.25) is 0 Å². The smallest absolute Gasteiger partial charge is 0.325 e. The van der Waals surface area contributed by atoms with Gasteiger partial charge in [0.2, 0.25) is 23.6 Å². The van der Waals surface area contributed by atoms with Gasteiger partial charge in [0.05, 0.1) is 12.6 Å². The number of hydrogen-bond acceptors (Lipinski definition) is 7. The SMILES string of the molecule is CC(NC(=O)C(CCC(N)=O)NC(=O)C(CO)NC(=O)C1CCCN1)C(=O)O. The molecule has 4 atom stereocenters. The van der Waals surface area contributed by atoms with Crippen molar-refractivity contribution in [3.63, 3.8) is 0 Å². The molecule has 1 saturated heterocycles. The maximum absolute atomic E-state index is 12.4. The van der Waals surface area contributed by atoms with Crippen molar-refractivity contribution in [3.8, 4) is 0 Å². The van der Waals surface area contributed by atoms with E-state index in [0.717, 1.165) is 6.42 Å². The Kier molecular flexibility index (Phi) is 9.32. The number of carbonyl (C=O) groups excluding carboxylic acids is 4. The number of hydrogen-bond donors (Lipinski definition) is 7. The first-order valence-electron chi connectivity index (χ1n) is 8.92. The van der Waals surface area contributed by atoms with Gasteiger partial charge in [0.15, 0.2) is 0 Å². The monoisotopic (exact) mass is 401 g/mol. The maximum Gasteiger partial charge on any atom is 0.325 e. The number of carbonyl (C=O) groups is 5. The lowest BCUT2D eigenvalue weighted by Crippen LogP contribution is -2.57. The number of rotatable bonds is 11. The third-order valence-corrected chi connectivity index (χ3v) is 4.23. The highest BCUT2D eigenvalue weighted by molar-refractivity contribution is 5.94. The second-order valence-corrected chi connectivity index (χ2v) is 6.53. The first-order valence-corrected chi connectivity index (χ1v) is 8.92. The van der Waals surface area contributed by atoms with E-state index in [9.17, 15) is 29.1 Å². The Morgan fingerprint density at radius 1 is 1.11 bits per heavy atom. The summed E-state index contributed by atoms with van der Waals surface area (Å²) in [4.78, 5) is 58.6. The maximum atomic E-state index is 12.4. The molecule has 1 aliphatic rings. The summed E-state index contributed by atoms with van der Waals surface area (Å²) in [5.74, 6) is -4.12. The van der Waals surface area contributed by atoms with Crippen LogP contribution in [0.5, 0.6) is 0 Å². The molecule has 1 rings (SSSR count). The second-order valence-electron chi connectivity index (χ2n) is 6.53. The number of nitrogens with one attached hydrogen (secondary N) is 4. The Morgan fingerprint density at radius 2 is 1.75 bits per heavy atom. The molecule has 0 saturated carbocycles. The number of carboxylic acids is 1. The Balaban J connectivity index is 2.75. The van der Waals surface area contributed by atoms with Gasteiger partial charge in [0.1, 0.15) is 18.1 Å². The normalized spacial score (nSPS) is 19.1. The van der Waals surface area contributed by atoms with Gasteiger partial charge >= 0.3 is 5.97 Å². The molecule has 1 fully saturated rings. The van der Waals surface area contributed by atoms with Crippen molar-refractivity contribution in [2.75, 3.05) is 13.2 Å². The number of aliphatic carboxylic acids is 1. The van der Waals surface area contributed by atoms with Gasteiger partial charge in [-0.15, -0.1) is 0 Å². The Morgan fingerprint density at radius 3 is 2.25 bits per heavy atom. The number of nitrogens with two attached hydrogens (primary N) is 1. The average Bonchev–Trinajstić information content (AvgIpc) is 3.17. The summed E-state index contributed by atoms with van der Waals surface area (Å²) in [6.07, 6.45) is 1.00. The Hall–Kier alpha value is -2.73. The second kappa shape index (κ2) is 11.2. The number of primary amides is 1. The van der Waals surface area contributed by atoms with Crippen molar-refractivity contribution in [1.29, 1.82) is 0 Å². The number of aliphatic hydroxyl groups is 1. The number of carboxylic acid groups (broad SMARTS) is 1. The minimum absolute atomic E-state index is 0.171. The van der Waals surface area contributed by atoms with Crippen molar-refractivity contribution < 1.29 is 34.2 Å². The molecule has 0 bridgehead atoms. The molecule has 158 valence electrons. The van der Waals surface area contributed by atoms with Gasteiger partial charge in [-0.25, -0.2) is 0 Å². The molecule has 0 aliphatic carbocycles. The molecule has 8 N–H and O–H groups in total. The largest absolute Gasteiger partial charge is 0.480 e. The van der Waals surface area contributed by atoms with Crippen LogP contribution in [0.1, 0.15) is 32.6 Å². The highest BCUT2D eigenvalue weighted by Gasteiger charge is 2.30. The lowest BCUT2D eigenvalue weighted by Gasteiger charge is -2.23. The van der Waals surface area contributed by atoms with Crippen molar-refractivity contribution in [1.82, 2.24) is 21.3 Å². The molecule has 0 spiro atoms. The quantitative estimate of drug-likeness (QED) is 0.185. The van der Waals surface area contributed by atoms with Crippen LogP contribution in [0.4, 0.5) is 0 Å². The standard InChI is InChI=1S/C16H27N5O7/c1-8(16(27)28)19-14(25)10(4-5-12(17)23)20-15(26)11(7-22)21-13(24)9-3-2-6-18-9/h8-11,18,22H,2-7H2,1H3,(H2,17,23)(H,19,25)(H,20,26)(H,21,24)(H,27,28). The van der Waals surface area contributed by atoms with E-state index in [0.29, 0.717) is 13.0 Å². The molecule has 12 heteroatoms. The van der Waals surface area contributed by atoms with Crippen LogP contribution in [0.15, 0.2) is 0 Å². The lowest BCUT2D eigenvalue weighted by atomic mass is 10.1. The van der Waals surface area contributed by atoms with Gasteiger partial charge in [-0.05, 0) is 32.7 Å². The first kappa shape index (κ1) is 23.3. The summed E-state index contributed by atoms with van der Waals surface area (Å²) < 4.78 is 0. The molecule has 0 aromatic carbocycles. The fourth-order valence-electron chi connectivity index (χ4n) is 2.58. The summed E-state index contributed by atoms with van der Waals surface area (Å²) in [5, 5.41) is 28.2. The molecular weight excluding hydrogens is 374 g/mol. The zero-order valence-corrected chi connectivity index (χ0v) is 15.6. The van der Waals surface area contributed by atoms with Crippen LogP contribution in [0.3, 0.4) is 0 Å². The van der Waals surface area contributed by atoms with Crippen LogP contribution < -0.4 is 27.0 Å². The van der Waals surface area contributed by atoms with E-state index in [-0.39, 0.29) is 12.8 Å². The Labute approximate surface area is 161 Å². The van der Waals surface area contributed by atoms with E-state index in [2.05, 4.69) is 21.3 Å². The molecule has 1 heterocycles. The minimum atomic E-state index is -1.31. The summed E-state index contributed by atoms with van der Waals surface area (Å²) >= 11 is 0. The third-order valence-electron chi connectivity index (χ3n) is 4.23. The lowest BCUT2D eigenvalue weighted by molar-refractivity contribution is -0.142. The van der Waals surface area contributed by atoms with Crippen molar-refractivity contribution in [2.24, 2.45) is 5.73 Å². The van der Waals surface area contributed by atoms with Crippen molar-refractivity contribution in [2.45, 2.75) is 56.8 Å². The van der Waals surface area contributed by atoms with E-state index in [1.165, 1.54) is 6.92 Å². The minimum Gasteiger partial charge on any atom is -0.480 e. The average molecular weight is 401 g/mol. The fraction of sp³-hybridized carbons (Fsp3) is 0.688. The molecule has 0 radical (unpaired) electrons. The van der Waals surface area contributed by atoms with Crippen LogP contribution in [0, 0.1) is 0 Å². The van der Waals surface area contributed by atoms with Gasteiger partial charge in [-0.1, -0.05) is 0 Å². The van der Waals surface area contributed by atoms with E-state index in [4.69, 9.17) is 10.8 Å². The zero-order valence-electron chi connectivity index (χ0n) is 15.6. The molecule has 4 unspecified atom stereocenters. The number of aliphatic hydroxyl groups excluding tert-OH is 1. The molecular formula is C16H27N5O7. The van der Waals surface area contributed by atoms with E-state index < -0.39 is 60.4 Å². The Bertz CT molecular complexity index is 606. The fourth-order valence-corrected chi connectivity index (χ4v) is 2.58. The molecule has 4 amide bonds. The highest BCUT2D eigenvalue weighted by atomic mass is 16.4. The molecule has 0 aromatic heterocycles. The topological polar surface area (TPSA) is 200 Å². The third kappa shape index (κ3) is 7.48. The summed E-state index contributed by atoms with van der Waals surface area (Å²) in [5.41, 5.74) is 5.06. The summed E-state index contributed by atoms with van der Waals surface area (Å²) in [7, 11) is 0. The van der Waals surface area contributed by atoms with Gasteiger partial charge in [0, 0.05) is 6.42 Å². The summed E-state index contributed by atoms with van der Waals surface area (Å²) in [6.45, 7) is 1.20. The molecule has 0 aromatic rings. The summed E-state index contributed by atoms with van der Waals surface area (Å²) in [6, 6.07) is -4.26. The zero-order chi connectivity index (χ0) is 21.3. The van der Waals surface area contributed by atoms with Crippen molar-refractivity contribution in [3.05, 3.63) is 0 Å². The van der Waals surface area contributed by atoms with Crippen LogP contribution >= 0.6 is 0 Å². The highest BCUT2D eigenvalue weighted by Crippen LogP contribution is 2.05. The van der Waals surface area contributed by atoms with Crippen LogP contribution in [-0.2, 0) is 24.0 Å². The van der Waals surface area contributed by atoms with Gasteiger partial charge in [-0.2, -0.15) is 0 Å². The predicted octanol–water partition coefficient (Wildman–Crippen LogP) is -3.44. The van der Waals surface area contributed by atoms with E-state index in [1.54, 1.807) is 0 Å². The van der Waals surface area contributed by atoms with Gasteiger partial charge in [0.25, 0.3) is 0 Å². The molecule has 12 nitrogen and oxygen atoms in total. The van der Waals surface area contributed by atoms with E-state index in [1.807, 2.05) is 0 Å². The van der Waals surface area contributed by atoms with Crippen LogP contribution in [-0.4, -0.2) is 77.1 Å². The molecule has 28 heavy (non-hydrogen) atoms. The van der Waals surface area contributed by atoms with E-state index >= 15 is 0 Å².